The van der Waals surface area contributed by atoms with Crippen LogP contribution in [-0.4, -0.2) is 61.5 Å². The van der Waals surface area contributed by atoms with Crippen molar-refractivity contribution in [2.45, 2.75) is 12.8 Å². The molecule has 1 fully saturated rings. The van der Waals surface area contributed by atoms with Crippen LogP contribution in [0.25, 0.3) is 0 Å². The zero-order chi connectivity index (χ0) is 13.8. The number of fused-ring (bicyclic) bond motifs is 1. The smallest absolute Gasteiger partial charge is 0.254 e. The third-order valence-corrected chi connectivity index (χ3v) is 4.30. The fourth-order valence-electron chi connectivity index (χ4n) is 3.09. The van der Waals surface area contributed by atoms with Gasteiger partial charge in [0.2, 0.25) is 0 Å². The number of hydrogen-bond donors (Lipinski definition) is 1. The van der Waals surface area contributed by atoms with Gasteiger partial charge in [0.05, 0.1) is 0 Å². The zero-order valence-corrected chi connectivity index (χ0v) is 12.0. The second kappa shape index (κ2) is 6.37. The summed E-state index contributed by atoms with van der Waals surface area (Å²) in [6.07, 6.45) is 2.09. The van der Waals surface area contributed by atoms with Crippen molar-refractivity contribution in [3.05, 3.63) is 35.4 Å². The Labute approximate surface area is 120 Å². The standard InChI is InChI=1S/C16H23N3O/c20-16-15-6-2-1-4-14(15)5-3-9-19(16)13-12-18-10-7-17-8-11-18/h1-2,4,6,17H,3,5,7-13H2. The summed E-state index contributed by atoms with van der Waals surface area (Å²) in [5.74, 6) is 0.216. The van der Waals surface area contributed by atoms with E-state index in [1.807, 2.05) is 23.1 Å². The molecule has 108 valence electrons. The van der Waals surface area contributed by atoms with E-state index in [4.69, 9.17) is 0 Å². The summed E-state index contributed by atoms with van der Waals surface area (Å²) in [6.45, 7) is 7.06. The molecule has 1 aromatic carbocycles. The lowest BCUT2D eigenvalue weighted by molar-refractivity contribution is 0.0737. The van der Waals surface area contributed by atoms with E-state index in [9.17, 15) is 4.79 Å². The van der Waals surface area contributed by atoms with Crippen molar-refractivity contribution in [3.63, 3.8) is 0 Å². The Balaban J connectivity index is 1.63. The Bertz CT molecular complexity index is 469. The molecule has 0 spiro atoms. The molecule has 1 amide bonds. The lowest BCUT2D eigenvalue weighted by atomic mass is 10.0. The number of amides is 1. The number of hydrogen-bond acceptors (Lipinski definition) is 3. The molecule has 2 aliphatic heterocycles. The fraction of sp³-hybridized carbons (Fsp3) is 0.562. The quantitative estimate of drug-likeness (QED) is 0.892. The molecule has 0 aliphatic carbocycles. The van der Waals surface area contributed by atoms with Gasteiger partial charge in [0.1, 0.15) is 0 Å². The van der Waals surface area contributed by atoms with Crippen LogP contribution in [0.4, 0.5) is 0 Å². The van der Waals surface area contributed by atoms with Crippen LogP contribution in [0.15, 0.2) is 24.3 Å². The van der Waals surface area contributed by atoms with E-state index in [2.05, 4.69) is 16.3 Å². The second-order valence-electron chi connectivity index (χ2n) is 5.64. The number of aryl methyl sites for hydroxylation is 1. The first-order valence-corrected chi connectivity index (χ1v) is 7.65. The molecule has 2 aliphatic rings. The topological polar surface area (TPSA) is 35.6 Å². The van der Waals surface area contributed by atoms with Crippen molar-refractivity contribution in [3.8, 4) is 0 Å². The molecule has 1 aromatic rings. The molecular weight excluding hydrogens is 250 g/mol. The number of nitrogens with one attached hydrogen (secondary N) is 1. The van der Waals surface area contributed by atoms with Gasteiger partial charge < -0.3 is 10.2 Å². The van der Waals surface area contributed by atoms with E-state index in [1.165, 1.54) is 5.56 Å². The van der Waals surface area contributed by atoms with Crippen molar-refractivity contribution in [1.82, 2.24) is 15.1 Å². The largest absolute Gasteiger partial charge is 0.337 e. The Kier molecular flexibility index (Phi) is 4.33. The summed E-state index contributed by atoms with van der Waals surface area (Å²) in [4.78, 5) is 17.1. The molecule has 0 radical (unpaired) electrons. The maximum atomic E-state index is 12.6. The molecule has 0 bridgehead atoms. The summed E-state index contributed by atoms with van der Waals surface area (Å²) >= 11 is 0. The van der Waals surface area contributed by atoms with Crippen LogP contribution in [0.5, 0.6) is 0 Å². The molecule has 20 heavy (non-hydrogen) atoms. The normalized spacial score (nSPS) is 20.6. The summed E-state index contributed by atoms with van der Waals surface area (Å²) in [7, 11) is 0. The van der Waals surface area contributed by atoms with Crippen LogP contribution in [0, 0.1) is 0 Å². The van der Waals surface area contributed by atoms with E-state index in [0.29, 0.717) is 0 Å². The van der Waals surface area contributed by atoms with Crippen LogP contribution in [0.2, 0.25) is 0 Å². The molecule has 2 heterocycles. The number of carbonyl (C=O) groups is 1. The van der Waals surface area contributed by atoms with Crippen molar-refractivity contribution in [2.24, 2.45) is 0 Å². The first-order chi connectivity index (χ1) is 9.84. The third-order valence-electron chi connectivity index (χ3n) is 4.30. The first kappa shape index (κ1) is 13.6. The number of rotatable bonds is 3. The molecule has 0 unspecified atom stereocenters. The average molecular weight is 273 g/mol. The molecule has 1 N–H and O–H groups in total. The van der Waals surface area contributed by atoms with Gasteiger partial charge in [-0.05, 0) is 24.5 Å². The highest BCUT2D eigenvalue weighted by atomic mass is 16.2. The fourth-order valence-corrected chi connectivity index (χ4v) is 3.09. The van der Waals surface area contributed by atoms with E-state index >= 15 is 0 Å². The monoisotopic (exact) mass is 273 g/mol. The van der Waals surface area contributed by atoms with Gasteiger partial charge in [0.25, 0.3) is 5.91 Å². The minimum Gasteiger partial charge on any atom is -0.337 e. The van der Waals surface area contributed by atoms with Gasteiger partial charge in [-0.1, -0.05) is 18.2 Å². The van der Waals surface area contributed by atoms with Crippen molar-refractivity contribution in [1.29, 1.82) is 0 Å². The van der Waals surface area contributed by atoms with Crippen molar-refractivity contribution < 1.29 is 4.79 Å². The van der Waals surface area contributed by atoms with Crippen LogP contribution in [0.3, 0.4) is 0 Å². The highest BCUT2D eigenvalue weighted by Gasteiger charge is 2.22. The minimum absolute atomic E-state index is 0.216. The number of benzene rings is 1. The molecule has 4 heteroatoms. The van der Waals surface area contributed by atoms with Crippen LogP contribution in [-0.2, 0) is 6.42 Å². The predicted octanol–water partition coefficient (Wildman–Crippen LogP) is 0.980. The second-order valence-corrected chi connectivity index (χ2v) is 5.64. The van der Waals surface area contributed by atoms with E-state index in [1.54, 1.807) is 0 Å². The van der Waals surface area contributed by atoms with Gasteiger partial charge in [-0.2, -0.15) is 0 Å². The van der Waals surface area contributed by atoms with Gasteiger partial charge in [0.15, 0.2) is 0 Å². The van der Waals surface area contributed by atoms with Gasteiger partial charge in [-0.3, -0.25) is 9.69 Å². The van der Waals surface area contributed by atoms with Crippen molar-refractivity contribution in [2.75, 3.05) is 45.8 Å². The molecule has 0 atom stereocenters. The van der Waals surface area contributed by atoms with Gasteiger partial charge in [0, 0.05) is 51.4 Å². The van der Waals surface area contributed by atoms with Crippen molar-refractivity contribution >= 4 is 5.91 Å². The van der Waals surface area contributed by atoms with Gasteiger partial charge in [-0.25, -0.2) is 0 Å². The number of nitrogens with zero attached hydrogens (tertiary/aromatic N) is 2. The lowest BCUT2D eigenvalue weighted by Gasteiger charge is -2.30. The van der Waals surface area contributed by atoms with Crippen LogP contribution in [0.1, 0.15) is 22.3 Å². The average Bonchev–Trinajstić information content (AvgIpc) is 2.66. The molecular formula is C16H23N3O. The summed E-state index contributed by atoms with van der Waals surface area (Å²) in [5, 5.41) is 3.36. The molecule has 4 nitrogen and oxygen atoms in total. The molecule has 1 saturated heterocycles. The zero-order valence-electron chi connectivity index (χ0n) is 12.0. The minimum atomic E-state index is 0.216. The summed E-state index contributed by atoms with van der Waals surface area (Å²) in [6, 6.07) is 8.06. The summed E-state index contributed by atoms with van der Waals surface area (Å²) in [5.41, 5.74) is 2.12. The summed E-state index contributed by atoms with van der Waals surface area (Å²) < 4.78 is 0. The van der Waals surface area contributed by atoms with Gasteiger partial charge in [-0.15, -0.1) is 0 Å². The Morgan fingerprint density at radius 3 is 2.70 bits per heavy atom. The molecule has 0 saturated carbocycles. The van der Waals surface area contributed by atoms with E-state index in [0.717, 1.165) is 64.2 Å². The number of piperazine rings is 1. The highest BCUT2D eigenvalue weighted by Crippen LogP contribution is 2.18. The maximum Gasteiger partial charge on any atom is 0.254 e. The van der Waals surface area contributed by atoms with Crippen LogP contribution >= 0.6 is 0 Å². The Morgan fingerprint density at radius 2 is 1.85 bits per heavy atom. The molecule has 3 rings (SSSR count). The maximum absolute atomic E-state index is 12.6. The SMILES string of the molecule is O=C1c2ccccc2CCCN1CCN1CCNCC1. The lowest BCUT2D eigenvalue weighted by Crippen LogP contribution is -2.47. The first-order valence-electron chi connectivity index (χ1n) is 7.65. The Hall–Kier alpha value is -1.39. The third kappa shape index (κ3) is 3.02. The van der Waals surface area contributed by atoms with Gasteiger partial charge >= 0.3 is 0 Å². The van der Waals surface area contributed by atoms with E-state index < -0.39 is 0 Å². The molecule has 0 aromatic heterocycles. The van der Waals surface area contributed by atoms with E-state index in [-0.39, 0.29) is 5.91 Å². The van der Waals surface area contributed by atoms with Crippen LogP contribution < -0.4 is 5.32 Å². The number of carbonyl (C=O) groups excluding carboxylic acids is 1. The predicted molar refractivity (Wildman–Crippen MR) is 80.0 cm³/mol. The Morgan fingerprint density at radius 1 is 1.05 bits per heavy atom. The highest BCUT2D eigenvalue weighted by molar-refractivity contribution is 5.96.